The molecular weight excluding hydrogens is 423 g/mol. The molecule has 0 amide bonds. The van der Waals surface area contributed by atoms with Crippen molar-refractivity contribution in [3.05, 3.63) is 35.9 Å². The van der Waals surface area contributed by atoms with Crippen molar-refractivity contribution in [2.24, 2.45) is 0 Å². The number of benzene rings is 1. The number of phosphoric ester groups is 1. The maximum Gasteiger partial charge on any atom is 0.530 e. The Hall–Kier alpha value is -2.31. The monoisotopic (exact) mass is 442 g/mol. The molecule has 0 radical (unpaired) electrons. The molecule has 0 aliphatic heterocycles. The van der Waals surface area contributed by atoms with Crippen LogP contribution in [-0.2, 0) is 33.3 Å². The standard InChI is InChI=1S/C10H13O5P.C4H6O7S/c1-8(2)14-16(12,13)15-10(11)9-6-4-3-5-7-9;5-3(6)1-2(4(7)8)12(9,10)11/h3-8H,1-2H3,(H,12,13);2H,1H2,(H,5,6)(H,7,8)(H,9,10,11). The number of rotatable bonds is 8. The van der Waals surface area contributed by atoms with Gasteiger partial charge < -0.3 is 14.7 Å². The number of hydrogen-bond acceptors (Lipinski definition) is 8. The van der Waals surface area contributed by atoms with Gasteiger partial charge in [0.25, 0.3) is 10.1 Å². The van der Waals surface area contributed by atoms with E-state index in [1.165, 1.54) is 12.1 Å². The lowest BCUT2D eigenvalue weighted by Crippen LogP contribution is -2.31. The van der Waals surface area contributed by atoms with Gasteiger partial charge in [0.2, 0.25) is 0 Å². The van der Waals surface area contributed by atoms with Crippen molar-refractivity contribution in [1.82, 2.24) is 0 Å². The van der Waals surface area contributed by atoms with E-state index in [0.717, 1.165) is 0 Å². The lowest BCUT2D eigenvalue weighted by molar-refractivity contribution is -0.143. The summed E-state index contributed by atoms with van der Waals surface area (Å²) < 4.78 is 48.9. The third-order valence-corrected chi connectivity index (χ3v) is 4.72. The molecule has 12 nitrogen and oxygen atoms in total. The number of hydrogen-bond donors (Lipinski definition) is 4. The second-order valence-electron chi connectivity index (χ2n) is 5.31. The van der Waals surface area contributed by atoms with Crippen LogP contribution in [0, 0.1) is 0 Å². The van der Waals surface area contributed by atoms with E-state index in [-0.39, 0.29) is 5.56 Å². The zero-order valence-corrected chi connectivity index (χ0v) is 16.4. The first-order chi connectivity index (χ1) is 12.7. The number of carboxylic acids is 2. The van der Waals surface area contributed by atoms with E-state index < -0.39 is 53.6 Å². The SMILES string of the molecule is CC(C)OP(=O)(O)OC(=O)c1ccccc1.O=C(O)CC(C(=O)O)S(=O)(=O)O. The third-order valence-electron chi connectivity index (χ3n) is 2.55. The van der Waals surface area contributed by atoms with Gasteiger partial charge in [-0.25, -0.2) is 9.36 Å². The highest BCUT2D eigenvalue weighted by Crippen LogP contribution is 2.45. The zero-order chi connectivity index (χ0) is 22.1. The van der Waals surface area contributed by atoms with Crippen molar-refractivity contribution in [1.29, 1.82) is 0 Å². The summed E-state index contributed by atoms with van der Waals surface area (Å²) in [6, 6.07) is 7.94. The summed E-state index contributed by atoms with van der Waals surface area (Å²) in [4.78, 5) is 40.6. The van der Waals surface area contributed by atoms with Crippen molar-refractivity contribution in [3.63, 3.8) is 0 Å². The highest BCUT2D eigenvalue weighted by Gasteiger charge is 2.33. The molecule has 14 heteroatoms. The van der Waals surface area contributed by atoms with Crippen molar-refractivity contribution in [3.8, 4) is 0 Å². The Kier molecular flexibility index (Phi) is 9.98. The van der Waals surface area contributed by atoms with Gasteiger partial charge in [0.1, 0.15) is 0 Å². The summed E-state index contributed by atoms with van der Waals surface area (Å²) in [6.07, 6.45) is -1.66. The van der Waals surface area contributed by atoms with E-state index in [1.807, 2.05) is 0 Å². The van der Waals surface area contributed by atoms with Gasteiger partial charge in [0.15, 0.2) is 5.25 Å². The molecule has 0 aliphatic rings. The number of carbonyl (C=O) groups excluding carboxylic acids is 1. The minimum Gasteiger partial charge on any atom is -0.481 e. The van der Waals surface area contributed by atoms with Crippen LogP contribution in [0.3, 0.4) is 0 Å². The minimum absolute atomic E-state index is 0.198. The Morgan fingerprint density at radius 2 is 1.61 bits per heavy atom. The Morgan fingerprint density at radius 1 is 1.11 bits per heavy atom. The molecule has 0 saturated carbocycles. The first-order valence-corrected chi connectivity index (χ1v) is 10.4. The topological polar surface area (TPSA) is 202 Å². The van der Waals surface area contributed by atoms with E-state index in [0.29, 0.717) is 0 Å². The molecular formula is C14H19O12PS. The largest absolute Gasteiger partial charge is 0.530 e. The Morgan fingerprint density at radius 3 is 1.93 bits per heavy atom. The average molecular weight is 442 g/mol. The molecule has 0 aromatic heterocycles. The minimum atomic E-state index is -4.84. The van der Waals surface area contributed by atoms with E-state index in [1.54, 1.807) is 32.0 Å². The van der Waals surface area contributed by atoms with Crippen LogP contribution in [0.25, 0.3) is 0 Å². The van der Waals surface area contributed by atoms with Crippen LogP contribution in [0.4, 0.5) is 0 Å². The summed E-state index contributed by atoms with van der Waals surface area (Å²) in [5.74, 6) is -4.38. The zero-order valence-electron chi connectivity index (χ0n) is 14.7. The van der Waals surface area contributed by atoms with E-state index in [4.69, 9.17) is 14.8 Å². The fraction of sp³-hybridized carbons (Fsp3) is 0.357. The van der Waals surface area contributed by atoms with Crippen LogP contribution < -0.4 is 0 Å². The van der Waals surface area contributed by atoms with Crippen LogP contribution in [0.15, 0.2) is 30.3 Å². The molecule has 28 heavy (non-hydrogen) atoms. The predicted octanol–water partition coefficient (Wildman–Crippen LogP) is 1.17. The fourth-order valence-electron chi connectivity index (χ4n) is 1.50. The molecule has 1 aromatic rings. The highest BCUT2D eigenvalue weighted by molar-refractivity contribution is 7.87. The number of carboxylic acid groups (broad SMARTS) is 2. The van der Waals surface area contributed by atoms with Gasteiger partial charge in [0, 0.05) is 0 Å². The predicted molar refractivity (Wildman–Crippen MR) is 93.1 cm³/mol. The fourth-order valence-corrected chi connectivity index (χ4v) is 3.00. The summed E-state index contributed by atoms with van der Waals surface area (Å²) in [5, 5.41) is 13.9. The summed E-state index contributed by atoms with van der Waals surface area (Å²) in [6.45, 7) is 3.14. The van der Waals surface area contributed by atoms with Gasteiger partial charge in [-0.15, -0.1) is 0 Å². The van der Waals surface area contributed by atoms with E-state index in [9.17, 15) is 32.3 Å². The molecule has 158 valence electrons. The number of carbonyl (C=O) groups is 3. The number of phosphoric acid groups is 1. The Bertz CT molecular complexity index is 833. The molecule has 2 atom stereocenters. The van der Waals surface area contributed by atoms with Crippen molar-refractivity contribution in [2.75, 3.05) is 0 Å². The normalized spacial score (nSPS) is 14.2. The molecule has 0 fully saturated rings. The summed E-state index contributed by atoms with van der Waals surface area (Å²) in [5.41, 5.74) is 0.198. The molecule has 0 aliphatic carbocycles. The molecule has 0 bridgehead atoms. The number of aliphatic carboxylic acids is 2. The van der Waals surface area contributed by atoms with Crippen LogP contribution in [0.2, 0.25) is 0 Å². The van der Waals surface area contributed by atoms with Gasteiger partial charge in [-0.1, -0.05) is 18.2 Å². The maximum atomic E-state index is 11.4. The summed E-state index contributed by atoms with van der Waals surface area (Å²) >= 11 is 0. The Labute approximate surface area is 160 Å². The van der Waals surface area contributed by atoms with Gasteiger partial charge >= 0.3 is 25.7 Å². The molecule has 0 spiro atoms. The highest BCUT2D eigenvalue weighted by atomic mass is 32.2. The lowest BCUT2D eigenvalue weighted by Gasteiger charge is -2.13. The maximum absolute atomic E-state index is 11.4. The van der Waals surface area contributed by atoms with Crippen molar-refractivity contribution >= 4 is 35.8 Å². The van der Waals surface area contributed by atoms with E-state index >= 15 is 0 Å². The first kappa shape index (κ1) is 25.7. The summed E-state index contributed by atoms with van der Waals surface area (Å²) in [7, 11) is -9.16. The third kappa shape index (κ3) is 10.7. The van der Waals surface area contributed by atoms with Crippen LogP contribution in [0.1, 0.15) is 30.6 Å². The van der Waals surface area contributed by atoms with Crippen LogP contribution in [0.5, 0.6) is 0 Å². The second-order valence-corrected chi connectivity index (χ2v) is 8.24. The second kappa shape index (κ2) is 10.9. The Balaban J connectivity index is 0.000000546. The van der Waals surface area contributed by atoms with Crippen LogP contribution >= 0.6 is 7.82 Å². The van der Waals surface area contributed by atoms with E-state index in [2.05, 4.69) is 9.05 Å². The lowest BCUT2D eigenvalue weighted by atomic mass is 10.2. The van der Waals surface area contributed by atoms with Crippen molar-refractivity contribution in [2.45, 2.75) is 31.6 Å². The molecule has 0 heterocycles. The van der Waals surface area contributed by atoms with Gasteiger partial charge in [-0.3, -0.25) is 23.6 Å². The molecule has 1 aromatic carbocycles. The van der Waals surface area contributed by atoms with Gasteiger partial charge in [0.05, 0.1) is 18.1 Å². The molecule has 4 N–H and O–H groups in total. The first-order valence-electron chi connectivity index (χ1n) is 7.36. The van der Waals surface area contributed by atoms with Gasteiger partial charge in [-0.05, 0) is 26.0 Å². The molecule has 0 saturated heterocycles. The van der Waals surface area contributed by atoms with Gasteiger partial charge in [-0.2, -0.15) is 8.42 Å². The molecule has 1 rings (SSSR count). The molecule has 2 unspecified atom stereocenters. The average Bonchev–Trinajstić information content (AvgIpc) is 2.51. The quantitative estimate of drug-likeness (QED) is 0.331. The smallest absolute Gasteiger partial charge is 0.481 e. The van der Waals surface area contributed by atoms with Crippen LogP contribution in [-0.4, -0.2) is 57.3 Å². The van der Waals surface area contributed by atoms with Crippen molar-refractivity contribution < 1.29 is 56.1 Å².